The van der Waals surface area contributed by atoms with Crippen LogP contribution in [0.25, 0.3) is 0 Å². The molecule has 0 aliphatic carbocycles. The van der Waals surface area contributed by atoms with Gasteiger partial charge < -0.3 is 10.6 Å². The number of hydrogen-bond donors (Lipinski definition) is 2. The Labute approximate surface area is 157 Å². The van der Waals surface area contributed by atoms with E-state index in [-0.39, 0.29) is 24.0 Å². The number of nitrogens with one attached hydrogen (secondary N) is 2. The predicted molar refractivity (Wildman–Crippen MR) is 106 cm³/mol. The third kappa shape index (κ3) is 5.92. The van der Waals surface area contributed by atoms with Gasteiger partial charge in [-0.2, -0.15) is 0 Å². The number of nitrogens with zero attached hydrogens (tertiary/aromatic N) is 2. The van der Waals surface area contributed by atoms with Crippen LogP contribution in [0.15, 0.2) is 52.1 Å². The summed E-state index contributed by atoms with van der Waals surface area (Å²) in [6.45, 7) is 3.49. The summed E-state index contributed by atoms with van der Waals surface area (Å²) in [7, 11) is 1.77. The van der Waals surface area contributed by atoms with Gasteiger partial charge in [0.15, 0.2) is 5.96 Å². The SMILES string of the molecule is CN=C(NCc1ccccn1)NCc1ccc(Br)cc1C.I. The molecule has 118 valence electrons. The fourth-order valence-corrected chi connectivity index (χ4v) is 2.41. The lowest BCUT2D eigenvalue weighted by molar-refractivity contribution is 0.792. The zero-order valence-electron chi connectivity index (χ0n) is 12.6. The van der Waals surface area contributed by atoms with Gasteiger partial charge in [0, 0.05) is 24.3 Å². The molecule has 6 heteroatoms. The minimum absolute atomic E-state index is 0. The number of hydrogen-bond acceptors (Lipinski definition) is 2. The van der Waals surface area contributed by atoms with E-state index < -0.39 is 0 Å². The molecule has 0 spiro atoms. The van der Waals surface area contributed by atoms with Gasteiger partial charge in [-0.25, -0.2) is 0 Å². The third-order valence-electron chi connectivity index (χ3n) is 3.14. The molecule has 0 saturated carbocycles. The highest BCUT2D eigenvalue weighted by Gasteiger charge is 2.02. The maximum absolute atomic E-state index is 4.28. The van der Waals surface area contributed by atoms with Crippen LogP contribution in [-0.2, 0) is 13.1 Å². The lowest BCUT2D eigenvalue weighted by Gasteiger charge is -2.13. The van der Waals surface area contributed by atoms with Crippen molar-refractivity contribution in [1.82, 2.24) is 15.6 Å². The Bertz CT molecular complexity index is 617. The second-order valence-corrected chi connectivity index (χ2v) is 5.59. The number of guanidine groups is 1. The van der Waals surface area contributed by atoms with Crippen molar-refractivity contribution in [3.8, 4) is 0 Å². The van der Waals surface area contributed by atoms with Crippen molar-refractivity contribution in [3.05, 3.63) is 63.9 Å². The first-order valence-corrected chi connectivity index (χ1v) is 7.58. The van der Waals surface area contributed by atoms with Crippen LogP contribution in [0.1, 0.15) is 16.8 Å². The fourth-order valence-electron chi connectivity index (χ4n) is 1.93. The van der Waals surface area contributed by atoms with Gasteiger partial charge in [-0.15, -0.1) is 24.0 Å². The van der Waals surface area contributed by atoms with E-state index in [9.17, 15) is 0 Å². The highest BCUT2D eigenvalue weighted by Crippen LogP contribution is 2.15. The molecule has 22 heavy (non-hydrogen) atoms. The van der Waals surface area contributed by atoms with E-state index in [0.717, 1.165) is 22.7 Å². The summed E-state index contributed by atoms with van der Waals surface area (Å²) in [5.41, 5.74) is 3.48. The van der Waals surface area contributed by atoms with Gasteiger partial charge in [0.05, 0.1) is 12.2 Å². The summed E-state index contributed by atoms with van der Waals surface area (Å²) in [6.07, 6.45) is 1.79. The predicted octanol–water partition coefficient (Wildman–Crippen LogP) is 3.64. The van der Waals surface area contributed by atoms with Crippen LogP contribution in [0.5, 0.6) is 0 Å². The lowest BCUT2D eigenvalue weighted by atomic mass is 10.1. The molecule has 0 atom stereocenters. The first-order chi connectivity index (χ1) is 10.2. The molecular weight excluding hydrogens is 455 g/mol. The zero-order valence-corrected chi connectivity index (χ0v) is 16.6. The average molecular weight is 475 g/mol. The molecule has 0 radical (unpaired) electrons. The molecule has 0 aliphatic rings. The van der Waals surface area contributed by atoms with E-state index in [0.29, 0.717) is 6.54 Å². The molecule has 1 aromatic heterocycles. The van der Waals surface area contributed by atoms with E-state index in [4.69, 9.17) is 0 Å². The summed E-state index contributed by atoms with van der Waals surface area (Å²) in [4.78, 5) is 8.50. The molecule has 1 heterocycles. The molecule has 0 amide bonds. The van der Waals surface area contributed by atoms with Crippen LogP contribution in [0, 0.1) is 6.92 Å². The number of aromatic nitrogens is 1. The Kier molecular flexibility index (Phi) is 8.40. The van der Waals surface area contributed by atoms with Crippen LogP contribution in [0.3, 0.4) is 0 Å². The van der Waals surface area contributed by atoms with E-state index in [1.54, 1.807) is 13.2 Å². The Morgan fingerprint density at radius 3 is 2.59 bits per heavy atom. The van der Waals surface area contributed by atoms with E-state index in [2.05, 4.69) is 55.6 Å². The van der Waals surface area contributed by atoms with Crippen molar-refractivity contribution < 1.29 is 0 Å². The summed E-state index contributed by atoms with van der Waals surface area (Å²) >= 11 is 3.48. The van der Waals surface area contributed by atoms with Crippen molar-refractivity contribution in [2.24, 2.45) is 4.99 Å². The van der Waals surface area contributed by atoms with Crippen molar-refractivity contribution in [1.29, 1.82) is 0 Å². The first-order valence-electron chi connectivity index (χ1n) is 6.78. The van der Waals surface area contributed by atoms with Crippen LogP contribution in [0.4, 0.5) is 0 Å². The number of halogens is 2. The molecule has 2 aromatic rings. The van der Waals surface area contributed by atoms with E-state index in [1.165, 1.54) is 11.1 Å². The Balaban J connectivity index is 0.00000242. The van der Waals surface area contributed by atoms with Gasteiger partial charge in [-0.1, -0.05) is 28.1 Å². The topological polar surface area (TPSA) is 49.3 Å². The first kappa shape index (κ1) is 18.9. The monoisotopic (exact) mass is 474 g/mol. The quantitative estimate of drug-likeness (QED) is 0.404. The van der Waals surface area contributed by atoms with Crippen molar-refractivity contribution in [2.75, 3.05) is 7.05 Å². The number of benzene rings is 1. The average Bonchev–Trinajstić information content (AvgIpc) is 2.50. The Morgan fingerprint density at radius 1 is 1.18 bits per heavy atom. The number of pyridine rings is 1. The number of aryl methyl sites for hydroxylation is 1. The normalized spacial score (nSPS) is 10.8. The van der Waals surface area contributed by atoms with Gasteiger partial charge in [0.1, 0.15) is 0 Å². The molecule has 0 fully saturated rings. The molecule has 0 unspecified atom stereocenters. The van der Waals surface area contributed by atoms with Crippen LogP contribution in [0.2, 0.25) is 0 Å². The van der Waals surface area contributed by atoms with Crippen molar-refractivity contribution in [2.45, 2.75) is 20.0 Å². The molecule has 2 N–H and O–H groups in total. The third-order valence-corrected chi connectivity index (χ3v) is 3.63. The number of rotatable bonds is 4. The van der Waals surface area contributed by atoms with Crippen LogP contribution < -0.4 is 10.6 Å². The maximum Gasteiger partial charge on any atom is 0.191 e. The summed E-state index contributed by atoms with van der Waals surface area (Å²) in [5, 5.41) is 6.57. The zero-order chi connectivity index (χ0) is 15.1. The molecule has 0 saturated heterocycles. The Hall–Kier alpha value is -1.15. The second kappa shape index (κ2) is 9.78. The van der Waals surface area contributed by atoms with Gasteiger partial charge >= 0.3 is 0 Å². The summed E-state index contributed by atoms with van der Waals surface area (Å²) in [6, 6.07) is 12.1. The molecule has 1 aromatic carbocycles. The fraction of sp³-hybridized carbons (Fsp3) is 0.250. The van der Waals surface area contributed by atoms with Crippen molar-refractivity contribution >= 4 is 45.9 Å². The molecule has 0 bridgehead atoms. The summed E-state index contributed by atoms with van der Waals surface area (Å²) < 4.78 is 1.10. The summed E-state index contributed by atoms with van der Waals surface area (Å²) in [5.74, 6) is 0.767. The number of aliphatic imine (C=N–C) groups is 1. The van der Waals surface area contributed by atoms with Gasteiger partial charge in [-0.05, 0) is 42.3 Å². The smallest absolute Gasteiger partial charge is 0.191 e. The maximum atomic E-state index is 4.28. The Morgan fingerprint density at radius 2 is 1.95 bits per heavy atom. The van der Waals surface area contributed by atoms with Gasteiger partial charge in [0.2, 0.25) is 0 Å². The largest absolute Gasteiger partial charge is 0.352 e. The standard InChI is InChI=1S/C16H19BrN4.HI/c1-12-9-14(17)7-6-13(12)10-20-16(18-2)21-11-15-5-3-4-8-19-15;/h3-9H,10-11H2,1-2H3,(H2,18,20,21);1H. The van der Waals surface area contributed by atoms with Gasteiger partial charge in [0.25, 0.3) is 0 Å². The van der Waals surface area contributed by atoms with Crippen LogP contribution in [-0.4, -0.2) is 18.0 Å². The highest BCUT2D eigenvalue weighted by molar-refractivity contribution is 14.0. The molecule has 0 aliphatic heterocycles. The highest BCUT2D eigenvalue weighted by atomic mass is 127. The molecule has 2 rings (SSSR count). The minimum atomic E-state index is 0. The second-order valence-electron chi connectivity index (χ2n) is 4.67. The van der Waals surface area contributed by atoms with Crippen molar-refractivity contribution in [3.63, 3.8) is 0 Å². The van der Waals surface area contributed by atoms with Gasteiger partial charge in [-0.3, -0.25) is 9.98 Å². The van der Waals surface area contributed by atoms with E-state index in [1.807, 2.05) is 24.3 Å². The van der Waals surface area contributed by atoms with E-state index >= 15 is 0 Å². The molecule has 4 nitrogen and oxygen atoms in total. The molecular formula is C16H20BrIN4. The minimum Gasteiger partial charge on any atom is -0.352 e. The lowest BCUT2D eigenvalue weighted by Crippen LogP contribution is -2.36. The van der Waals surface area contributed by atoms with Crippen LogP contribution >= 0.6 is 39.9 Å².